The summed E-state index contributed by atoms with van der Waals surface area (Å²) in [5, 5.41) is 7.69. The van der Waals surface area contributed by atoms with Crippen LogP contribution < -0.4 is 0 Å². The van der Waals surface area contributed by atoms with E-state index in [0.29, 0.717) is 0 Å². The smallest absolute Gasteiger partial charge is 0 e. The normalized spacial score (nSPS) is 11.3. The van der Waals surface area contributed by atoms with Crippen LogP contribution in [0.2, 0.25) is 0 Å². The van der Waals surface area contributed by atoms with Gasteiger partial charge in [-0.15, -0.1) is 0 Å². The molecule has 0 aromatic heterocycles. The Morgan fingerprint density at radius 1 is 0.278 bits per heavy atom. The predicted molar refractivity (Wildman–Crippen MR) is 164 cm³/mol. The summed E-state index contributed by atoms with van der Waals surface area (Å²) in [6.45, 7) is 0. The summed E-state index contributed by atoms with van der Waals surface area (Å²) in [5.74, 6) is 0. The maximum atomic E-state index is 2.28. The highest BCUT2D eigenvalue weighted by atomic mass is 14.2. The van der Waals surface area contributed by atoms with Gasteiger partial charge in [0.05, 0.1) is 0 Å². The molecule has 0 fully saturated rings. The molecule has 0 aliphatic rings. The second-order valence-corrected chi connectivity index (χ2v) is 9.35. The Morgan fingerprint density at radius 2 is 0.694 bits per heavy atom. The second kappa shape index (κ2) is 8.52. The third kappa shape index (κ3) is 3.39. The first-order chi connectivity index (χ1) is 17.9. The van der Waals surface area contributed by atoms with Crippen LogP contribution in [0.1, 0.15) is 5.71 Å². The van der Waals surface area contributed by atoms with Gasteiger partial charge in [-0.25, -0.2) is 0 Å². The van der Waals surface area contributed by atoms with Crippen LogP contribution in [0.25, 0.3) is 65.7 Å². The van der Waals surface area contributed by atoms with Gasteiger partial charge in [0.25, 0.3) is 0 Å². The SMILES string of the molecule is [HH].[HH].[HH].[HH].c1ccc(-c2c3ccccc3c(-c3ccc(-c4ccc5ccccc5c4)cc3)c3ccccc23)cc1. The van der Waals surface area contributed by atoms with Crippen molar-refractivity contribution in [3.63, 3.8) is 0 Å². The van der Waals surface area contributed by atoms with Crippen molar-refractivity contribution in [3.05, 3.63) is 146 Å². The van der Waals surface area contributed by atoms with Gasteiger partial charge in [0, 0.05) is 5.71 Å². The molecule has 176 valence electrons. The number of benzene rings is 7. The Kier molecular flexibility index (Phi) is 4.89. The largest absolute Gasteiger partial charge is 0.0622 e. The fourth-order valence-electron chi connectivity index (χ4n) is 5.55. The Morgan fingerprint density at radius 3 is 1.28 bits per heavy atom. The average molecular weight is 465 g/mol. The summed E-state index contributed by atoms with van der Waals surface area (Å²) in [6.07, 6.45) is 0. The molecule has 0 heterocycles. The number of rotatable bonds is 3. The van der Waals surface area contributed by atoms with Gasteiger partial charge in [0.1, 0.15) is 0 Å². The van der Waals surface area contributed by atoms with E-state index in [1.54, 1.807) is 0 Å². The molecule has 0 amide bonds. The van der Waals surface area contributed by atoms with Crippen LogP contribution in [0.4, 0.5) is 0 Å². The summed E-state index contributed by atoms with van der Waals surface area (Å²) in [6, 6.07) is 52.7. The minimum Gasteiger partial charge on any atom is -0.0622 e. The number of hydrogen-bond acceptors (Lipinski definition) is 0. The number of fused-ring (bicyclic) bond motifs is 3. The first kappa shape index (κ1) is 20.7. The van der Waals surface area contributed by atoms with Crippen LogP contribution in [-0.2, 0) is 0 Å². The van der Waals surface area contributed by atoms with Crippen molar-refractivity contribution in [1.29, 1.82) is 0 Å². The quantitative estimate of drug-likeness (QED) is 0.228. The topological polar surface area (TPSA) is 0 Å². The van der Waals surface area contributed by atoms with Gasteiger partial charge in [-0.1, -0.05) is 140 Å². The van der Waals surface area contributed by atoms with E-state index in [1.807, 2.05) is 0 Å². The van der Waals surface area contributed by atoms with Crippen molar-refractivity contribution in [3.8, 4) is 33.4 Å². The summed E-state index contributed by atoms with van der Waals surface area (Å²) in [5.41, 5.74) is 7.58. The molecule has 7 aromatic rings. The van der Waals surface area contributed by atoms with Crippen LogP contribution >= 0.6 is 0 Å². The van der Waals surface area contributed by atoms with E-state index in [0.717, 1.165) is 0 Å². The summed E-state index contributed by atoms with van der Waals surface area (Å²) in [7, 11) is 0. The van der Waals surface area contributed by atoms with Gasteiger partial charge in [0.2, 0.25) is 0 Å². The predicted octanol–water partition coefficient (Wildman–Crippen LogP) is 11.1. The van der Waals surface area contributed by atoms with Gasteiger partial charge in [-0.2, -0.15) is 0 Å². The molecule has 0 heteroatoms. The molecule has 36 heavy (non-hydrogen) atoms. The zero-order valence-electron chi connectivity index (χ0n) is 19.9. The zero-order chi connectivity index (χ0) is 23.9. The van der Waals surface area contributed by atoms with Crippen molar-refractivity contribution in [2.45, 2.75) is 0 Å². The van der Waals surface area contributed by atoms with Crippen molar-refractivity contribution in [2.75, 3.05) is 0 Å². The highest BCUT2D eigenvalue weighted by Crippen LogP contribution is 2.43. The Bertz CT molecular complexity index is 1820. The molecule has 0 radical (unpaired) electrons. The molecule has 0 nitrogen and oxygen atoms in total. The van der Waals surface area contributed by atoms with Crippen molar-refractivity contribution >= 4 is 32.3 Å². The molecular formula is C36H32. The lowest BCUT2D eigenvalue weighted by Gasteiger charge is -2.18. The lowest BCUT2D eigenvalue weighted by molar-refractivity contribution is 1.62. The van der Waals surface area contributed by atoms with Crippen LogP contribution in [0.5, 0.6) is 0 Å². The van der Waals surface area contributed by atoms with Crippen molar-refractivity contribution in [1.82, 2.24) is 0 Å². The monoisotopic (exact) mass is 464 g/mol. The maximum Gasteiger partial charge on any atom is 0 e. The van der Waals surface area contributed by atoms with E-state index in [-0.39, 0.29) is 5.71 Å². The summed E-state index contributed by atoms with van der Waals surface area (Å²) < 4.78 is 0. The lowest BCUT2D eigenvalue weighted by atomic mass is 9.86. The van der Waals surface area contributed by atoms with Crippen molar-refractivity contribution in [2.24, 2.45) is 0 Å². The molecule has 7 rings (SSSR count). The van der Waals surface area contributed by atoms with E-state index in [9.17, 15) is 0 Å². The van der Waals surface area contributed by atoms with Gasteiger partial charge in [-0.3, -0.25) is 0 Å². The molecule has 0 aliphatic carbocycles. The molecule has 7 aromatic carbocycles. The van der Waals surface area contributed by atoms with Gasteiger partial charge < -0.3 is 0 Å². The Balaban J connectivity index is 0.00000110. The van der Waals surface area contributed by atoms with Gasteiger partial charge in [-0.05, 0) is 71.8 Å². The minimum absolute atomic E-state index is 0. The summed E-state index contributed by atoms with van der Waals surface area (Å²) in [4.78, 5) is 0. The van der Waals surface area contributed by atoms with E-state index in [4.69, 9.17) is 0 Å². The van der Waals surface area contributed by atoms with E-state index in [2.05, 4.69) is 146 Å². The molecule has 0 spiro atoms. The average Bonchev–Trinajstić information content (AvgIpc) is 2.96. The molecular weight excluding hydrogens is 432 g/mol. The van der Waals surface area contributed by atoms with Gasteiger partial charge in [0.15, 0.2) is 0 Å². The molecule has 0 unspecified atom stereocenters. The van der Waals surface area contributed by atoms with E-state index in [1.165, 1.54) is 65.7 Å². The highest BCUT2D eigenvalue weighted by Gasteiger charge is 2.16. The molecule has 0 saturated carbocycles. The van der Waals surface area contributed by atoms with Crippen LogP contribution in [0.3, 0.4) is 0 Å². The molecule has 0 N–H and O–H groups in total. The van der Waals surface area contributed by atoms with E-state index < -0.39 is 0 Å². The summed E-state index contributed by atoms with van der Waals surface area (Å²) >= 11 is 0. The van der Waals surface area contributed by atoms with Gasteiger partial charge >= 0.3 is 0 Å². The molecule has 0 atom stereocenters. The minimum atomic E-state index is 0. The third-order valence-electron chi connectivity index (χ3n) is 7.25. The van der Waals surface area contributed by atoms with Crippen LogP contribution in [0, 0.1) is 0 Å². The van der Waals surface area contributed by atoms with E-state index >= 15 is 0 Å². The first-order valence-corrected chi connectivity index (χ1v) is 12.5. The Hall–Kier alpha value is -4.68. The Labute approximate surface area is 217 Å². The molecule has 0 saturated heterocycles. The molecule has 0 aliphatic heterocycles. The fraction of sp³-hybridized carbons (Fsp3) is 0. The standard InChI is InChI=1S/C36H24.4H2/c1-2-11-27(12-3-1)35-31-14-6-8-16-33(31)36(34-17-9-7-15-32(34)35)28-21-18-26(19-22-28)30-23-20-25-10-4-5-13-29(25)24-30;;;;/h1-24H;4*1H. The van der Waals surface area contributed by atoms with Crippen LogP contribution in [-0.4, -0.2) is 0 Å². The van der Waals surface area contributed by atoms with Crippen LogP contribution in [0.15, 0.2) is 146 Å². The third-order valence-corrected chi connectivity index (χ3v) is 7.25. The maximum absolute atomic E-state index is 2.28. The second-order valence-electron chi connectivity index (χ2n) is 9.35. The fourth-order valence-corrected chi connectivity index (χ4v) is 5.55. The number of hydrogen-bond donors (Lipinski definition) is 0. The lowest BCUT2D eigenvalue weighted by Crippen LogP contribution is -1.90. The molecule has 0 bridgehead atoms. The zero-order valence-corrected chi connectivity index (χ0v) is 19.9. The highest BCUT2D eigenvalue weighted by molar-refractivity contribution is 6.21. The first-order valence-electron chi connectivity index (χ1n) is 12.5. The van der Waals surface area contributed by atoms with Crippen molar-refractivity contribution < 1.29 is 5.71 Å².